The van der Waals surface area contributed by atoms with Gasteiger partial charge >= 0.3 is 0 Å². The summed E-state index contributed by atoms with van der Waals surface area (Å²) in [6.45, 7) is 1.31. The molecule has 4 rings (SSSR count). The molecule has 2 bridgehead atoms. The predicted molar refractivity (Wildman–Crippen MR) is 105 cm³/mol. The summed E-state index contributed by atoms with van der Waals surface area (Å²) in [6, 6.07) is 11.0. The maximum atomic E-state index is 13.1. The summed E-state index contributed by atoms with van der Waals surface area (Å²) in [5, 5.41) is 8.22. The van der Waals surface area contributed by atoms with E-state index in [1.54, 1.807) is 25.5 Å². The predicted octanol–water partition coefficient (Wildman–Crippen LogP) is 3.55. The number of aromatic nitrogens is 4. The van der Waals surface area contributed by atoms with Crippen molar-refractivity contribution >= 4 is 27.7 Å². The zero-order valence-corrected chi connectivity index (χ0v) is 16.4. The Morgan fingerprint density at radius 2 is 2.07 bits per heavy atom. The summed E-state index contributed by atoms with van der Waals surface area (Å²) in [4.78, 5) is 19.3. The molecular weight excluding hydrogens is 410 g/mol. The lowest BCUT2D eigenvalue weighted by Crippen LogP contribution is -2.28. The Kier molecular flexibility index (Phi) is 4.89. The minimum absolute atomic E-state index is 0.186. The van der Waals surface area contributed by atoms with Gasteiger partial charge in [-0.25, -0.2) is 4.98 Å². The molecule has 0 spiro atoms. The summed E-state index contributed by atoms with van der Waals surface area (Å²) in [5.74, 6) is 1.62. The summed E-state index contributed by atoms with van der Waals surface area (Å²) >= 11 is 3.44. The SMILES string of the molecule is CN1C(=O)c2cc(Br)ccc2OCCCCn2cnnc2-c2cccc1n2. The van der Waals surface area contributed by atoms with Crippen molar-refractivity contribution < 1.29 is 9.53 Å². The molecule has 0 N–H and O–H groups in total. The topological polar surface area (TPSA) is 73.1 Å². The highest BCUT2D eigenvalue weighted by molar-refractivity contribution is 9.10. The van der Waals surface area contributed by atoms with Crippen molar-refractivity contribution in [3.8, 4) is 17.3 Å². The minimum Gasteiger partial charge on any atom is -0.493 e. The van der Waals surface area contributed by atoms with Gasteiger partial charge in [0.05, 0.1) is 12.2 Å². The average molecular weight is 428 g/mol. The van der Waals surface area contributed by atoms with Crippen molar-refractivity contribution in [2.45, 2.75) is 19.4 Å². The van der Waals surface area contributed by atoms with Crippen LogP contribution >= 0.6 is 15.9 Å². The summed E-state index contributed by atoms with van der Waals surface area (Å²) in [6.07, 6.45) is 3.47. The van der Waals surface area contributed by atoms with Gasteiger partial charge in [-0.15, -0.1) is 10.2 Å². The van der Waals surface area contributed by atoms with Crippen LogP contribution in [0.15, 0.2) is 47.2 Å². The molecule has 8 heteroatoms. The number of carbonyl (C=O) groups is 1. The number of nitrogens with zero attached hydrogens (tertiary/aromatic N) is 5. The van der Waals surface area contributed by atoms with E-state index in [4.69, 9.17) is 4.74 Å². The van der Waals surface area contributed by atoms with E-state index in [-0.39, 0.29) is 5.91 Å². The molecule has 1 amide bonds. The second kappa shape index (κ2) is 7.48. The molecule has 1 aliphatic rings. The maximum absolute atomic E-state index is 13.1. The van der Waals surface area contributed by atoms with Crippen LogP contribution in [0.5, 0.6) is 5.75 Å². The second-order valence-corrected chi connectivity index (χ2v) is 7.20. The van der Waals surface area contributed by atoms with E-state index in [2.05, 4.69) is 31.1 Å². The Hall–Kier alpha value is -2.74. The fourth-order valence-electron chi connectivity index (χ4n) is 3.00. The number of benzene rings is 1. The zero-order valence-electron chi connectivity index (χ0n) is 14.8. The van der Waals surface area contributed by atoms with Gasteiger partial charge in [0, 0.05) is 18.1 Å². The number of pyridine rings is 1. The van der Waals surface area contributed by atoms with Crippen LogP contribution in [0.4, 0.5) is 5.82 Å². The Labute approximate surface area is 165 Å². The van der Waals surface area contributed by atoms with Crippen molar-refractivity contribution in [1.82, 2.24) is 19.7 Å². The van der Waals surface area contributed by atoms with Gasteiger partial charge in [0.1, 0.15) is 23.6 Å². The van der Waals surface area contributed by atoms with Gasteiger partial charge in [0.15, 0.2) is 5.82 Å². The molecule has 0 saturated heterocycles. The molecule has 0 aliphatic carbocycles. The lowest BCUT2D eigenvalue weighted by molar-refractivity contribution is 0.0988. The van der Waals surface area contributed by atoms with E-state index >= 15 is 0 Å². The van der Waals surface area contributed by atoms with Crippen LogP contribution in [0, 0.1) is 0 Å². The summed E-state index contributed by atoms with van der Waals surface area (Å²) in [7, 11) is 1.70. The minimum atomic E-state index is -0.186. The van der Waals surface area contributed by atoms with Crippen LogP contribution in [-0.2, 0) is 6.54 Å². The van der Waals surface area contributed by atoms with E-state index in [1.807, 2.05) is 28.8 Å². The van der Waals surface area contributed by atoms with E-state index in [0.717, 1.165) is 23.9 Å². The lowest BCUT2D eigenvalue weighted by atomic mass is 10.1. The summed E-state index contributed by atoms with van der Waals surface area (Å²) < 4.78 is 8.70. The fourth-order valence-corrected chi connectivity index (χ4v) is 3.36. The molecule has 0 radical (unpaired) electrons. The van der Waals surface area contributed by atoms with Gasteiger partial charge in [0.2, 0.25) is 0 Å². The first-order chi connectivity index (χ1) is 13.1. The Morgan fingerprint density at radius 3 is 2.96 bits per heavy atom. The third-order valence-corrected chi connectivity index (χ3v) is 4.94. The van der Waals surface area contributed by atoms with Crippen LogP contribution in [0.25, 0.3) is 11.5 Å². The van der Waals surface area contributed by atoms with Gasteiger partial charge in [-0.3, -0.25) is 9.69 Å². The largest absolute Gasteiger partial charge is 0.493 e. The number of rotatable bonds is 0. The molecule has 0 unspecified atom stereocenters. The number of halogens is 1. The maximum Gasteiger partial charge on any atom is 0.262 e. The van der Waals surface area contributed by atoms with Gasteiger partial charge in [-0.1, -0.05) is 22.0 Å². The van der Waals surface area contributed by atoms with E-state index in [9.17, 15) is 4.79 Å². The average Bonchev–Trinajstić information content (AvgIpc) is 3.15. The first kappa shape index (κ1) is 17.7. The van der Waals surface area contributed by atoms with Crippen LogP contribution < -0.4 is 9.64 Å². The molecule has 1 aromatic carbocycles. The standard InChI is InChI=1S/C19H18BrN5O2/c1-24-17-6-4-5-15(22-17)18-23-21-12-25(18)9-2-3-10-27-16-8-7-13(20)11-14(16)19(24)26/h4-8,11-12H,2-3,9-10H2,1H3. The number of hydrogen-bond acceptors (Lipinski definition) is 5. The number of aryl methyl sites for hydroxylation is 1. The van der Waals surface area contributed by atoms with Crippen molar-refractivity contribution in [2.24, 2.45) is 0 Å². The quantitative estimate of drug-likeness (QED) is 0.548. The Bertz CT molecular complexity index is 988. The van der Waals surface area contributed by atoms with Gasteiger partial charge in [0.25, 0.3) is 5.91 Å². The molecule has 27 heavy (non-hydrogen) atoms. The number of hydrogen-bond donors (Lipinski definition) is 0. The number of ether oxygens (including phenoxy) is 1. The van der Waals surface area contributed by atoms with Crippen molar-refractivity contribution in [2.75, 3.05) is 18.6 Å². The molecule has 0 fully saturated rings. The highest BCUT2D eigenvalue weighted by Gasteiger charge is 2.21. The zero-order chi connectivity index (χ0) is 18.8. The van der Waals surface area contributed by atoms with E-state index in [0.29, 0.717) is 35.3 Å². The molecule has 3 aromatic rings. The Morgan fingerprint density at radius 1 is 1.19 bits per heavy atom. The number of amides is 1. The van der Waals surface area contributed by atoms with Crippen LogP contribution in [0.2, 0.25) is 0 Å². The normalized spacial score (nSPS) is 14.7. The second-order valence-electron chi connectivity index (χ2n) is 6.29. The number of anilines is 1. The summed E-state index contributed by atoms with van der Waals surface area (Å²) in [5.41, 5.74) is 1.19. The van der Waals surface area contributed by atoms with Crippen molar-refractivity contribution in [3.63, 3.8) is 0 Å². The monoisotopic (exact) mass is 427 g/mol. The van der Waals surface area contributed by atoms with Crippen molar-refractivity contribution in [1.29, 1.82) is 0 Å². The highest BCUT2D eigenvalue weighted by atomic mass is 79.9. The van der Waals surface area contributed by atoms with E-state index < -0.39 is 0 Å². The van der Waals surface area contributed by atoms with Crippen LogP contribution in [-0.4, -0.2) is 39.3 Å². The molecule has 7 nitrogen and oxygen atoms in total. The van der Waals surface area contributed by atoms with Crippen molar-refractivity contribution in [3.05, 3.63) is 52.8 Å². The third-order valence-electron chi connectivity index (χ3n) is 4.45. The smallest absolute Gasteiger partial charge is 0.262 e. The molecule has 0 saturated carbocycles. The molecular formula is C19H18BrN5O2. The van der Waals surface area contributed by atoms with E-state index in [1.165, 1.54) is 4.90 Å². The third kappa shape index (κ3) is 3.57. The molecule has 2 aromatic heterocycles. The number of carbonyl (C=O) groups excluding carboxylic acids is 1. The van der Waals surface area contributed by atoms with Gasteiger partial charge < -0.3 is 9.30 Å². The molecule has 138 valence electrons. The first-order valence-electron chi connectivity index (χ1n) is 8.69. The van der Waals surface area contributed by atoms with Gasteiger partial charge in [-0.2, -0.15) is 0 Å². The van der Waals surface area contributed by atoms with Crippen LogP contribution in [0.3, 0.4) is 0 Å². The lowest BCUT2D eigenvalue weighted by Gasteiger charge is -2.20. The molecule has 3 heterocycles. The fraction of sp³-hybridized carbons (Fsp3) is 0.263. The first-order valence-corrected chi connectivity index (χ1v) is 9.48. The Balaban J connectivity index is 1.80. The molecule has 0 atom stereocenters. The van der Waals surface area contributed by atoms with Crippen LogP contribution in [0.1, 0.15) is 23.2 Å². The van der Waals surface area contributed by atoms with Gasteiger partial charge in [-0.05, 0) is 43.2 Å². The molecule has 1 aliphatic heterocycles. The highest BCUT2D eigenvalue weighted by Crippen LogP contribution is 2.27. The number of fused-ring (bicyclic) bond motifs is 5.